The predicted molar refractivity (Wildman–Crippen MR) is 140 cm³/mol. The van der Waals surface area contributed by atoms with E-state index in [0.29, 0.717) is 11.5 Å². The number of carbonyl (C=O) groups is 3. The van der Waals surface area contributed by atoms with Gasteiger partial charge in [-0.25, -0.2) is 4.79 Å². The van der Waals surface area contributed by atoms with Gasteiger partial charge < -0.3 is 14.5 Å². The highest BCUT2D eigenvalue weighted by Crippen LogP contribution is 2.50. The van der Waals surface area contributed by atoms with Gasteiger partial charge in [0.1, 0.15) is 6.10 Å². The molecule has 0 aromatic heterocycles. The summed E-state index contributed by atoms with van der Waals surface area (Å²) in [7, 11) is 8.03. The Morgan fingerprint density at radius 3 is 1.89 bits per heavy atom. The second-order valence-electron chi connectivity index (χ2n) is 10.2. The Morgan fingerprint density at radius 1 is 0.972 bits per heavy atom. The molecule has 2 amide bonds. The minimum Gasteiger partial charge on any atom is -0.429 e. The van der Waals surface area contributed by atoms with Crippen LogP contribution in [0.15, 0.2) is 36.4 Å². The van der Waals surface area contributed by atoms with Crippen molar-refractivity contribution in [1.29, 1.82) is 0 Å². The van der Waals surface area contributed by atoms with E-state index in [2.05, 4.69) is 60.0 Å². The molecule has 0 saturated heterocycles. The van der Waals surface area contributed by atoms with E-state index in [4.69, 9.17) is 9.57 Å². The summed E-state index contributed by atoms with van der Waals surface area (Å²) >= 11 is 0. The van der Waals surface area contributed by atoms with Crippen molar-refractivity contribution in [3.05, 3.63) is 58.7 Å². The van der Waals surface area contributed by atoms with E-state index in [1.807, 2.05) is 28.2 Å². The van der Waals surface area contributed by atoms with Crippen LogP contribution in [-0.4, -0.2) is 57.8 Å². The number of fused-ring (bicyclic) bond motifs is 2. The molecule has 1 unspecified atom stereocenters. The normalized spacial score (nSPS) is 14.7. The summed E-state index contributed by atoms with van der Waals surface area (Å²) in [6, 6.07) is 12.7. The van der Waals surface area contributed by atoms with Crippen LogP contribution in [0, 0.1) is 0 Å². The van der Waals surface area contributed by atoms with Gasteiger partial charge in [-0.3, -0.25) is 14.4 Å². The van der Waals surface area contributed by atoms with Gasteiger partial charge in [-0.1, -0.05) is 32.9 Å². The van der Waals surface area contributed by atoms with Gasteiger partial charge >= 0.3 is 6.16 Å². The maximum absolute atomic E-state index is 12.6. The molecule has 0 fully saturated rings. The van der Waals surface area contributed by atoms with Crippen LogP contribution in [0.2, 0.25) is 0 Å². The molecule has 8 nitrogen and oxygen atoms in total. The summed E-state index contributed by atoms with van der Waals surface area (Å²) in [6.07, 6.45) is -0.933. The monoisotopic (exact) mass is 495 g/mol. The third kappa shape index (κ3) is 5.17. The van der Waals surface area contributed by atoms with Crippen LogP contribution < -0.4 is 9.80 Å². The minimum atomic E-state index is -1.10. The van der Waals surface area contributed by atoms with E-state index in [-0.39, 0.29) is 24.2 Å². The van der Waals surface area contributed by atoms with E-state index < -0.39 is 18.2 Å². The van der Waals surface area contributed by atoms with Gasteiger partial charge in [0.15, 0.2) is 0 Å². The summed E-state index contributed by atoms with van der Waals surface area (Å²) < 4.78 is 5.65. The first-order valence-corrected chi connectivity index (χ1v) is 12.2. The van der Waals surface area contributed by atoms with Crippen molar-refractivity contribution in [2.75, 3.05) is 38.0 Å². The lowest BCUT2D eigenvalue weighted by Gasteiger charge is -2.42. The van der Waals surface area contributed by atoms with Crippen molar-refractivity contribution >= 4 is 29.8 Å². The fourth-order valence-electron chi connectivity index (χ4n) is 4.87. The van der Waals surface area contributed by atoms with E-state index in [1.165, 1.54) is 0 Å². The van der Waals surface area contributed by atoms with Gasteiger partial charge in [0.25, 0.3) is 12.3 Å². The number of carbonyl (C=O) groups excluding carboxylic acids is 3. The van der Waals surface area contributed by atoms with Crippen LogP contribution in [0.4, 0.5) is 16.2 Å². The first-order chi connectivity index (χ1) is 16.9. The molecular weight excluding hydrogens is 458 g/mol. The molecule has 8 heteroatoms. The summed E-state index contributed by atoms with van der Waals surface area (Å²) in [6.45, 7) is 8.02. The van der Waals surface area contributed by atoms with Crippen LogP contribution in [0.1, 0.15) is 68.7 Å². The molecule has 2 aromatic rings. The van der Waals surface area contributed by atoms with E-state index >= 15 is 0 Å². The quantitative estimate of drug-likeness (QED) is 0.309. The molecule has 0 bridgehead atoms. The first kappa shape index (κ1) is 27.0. The van der Waals surface area contributed by atoms with Gasteiger partial charge in [-0.15, -0.1) is 5.06 Å². The van der Waals surface area contributed by atoms with Crippen molar-refractivity contribution in [2.24, 2.45) is 0 Å². The van der Waals surface area contributed by atoms with Crippen molar-refractivity contribution in [2.45, 2.75) is 58.0 Å². The fourth-order valence-corrected chi connectivity index (χ4v) is 4.87. The van der Waals surface area contributed by atoms with Crippen molar-refractivity contribution in [3.63, 3.8) is 0 Å². The van der Waals surface area contributed by atoms with Crippen LogP contribution in [0.3, 0.4) is 0 Å². The minimum absolute atomic E-state index is 0.0858. The smallest absolute Gasteiger partial charge is 0.429 e. The maximum Gasteiger partial charge on any atom is 0.534 e. The highest BCUT2D eigenvalue weighted by molar-refractivity contribution is 5.86. The van der Waals surface area contributed by atoms with Gasteiger partial charge in [0, 0.05) is 57.3 Å². The molecule has 194 valence electrons. The van der Waals surface area contributed by atoms with Gasteiger partial charge in [0.05, 0.1) is 0 Å². The Bertz CT molecular complexity index is 1080. The number of ether oxygens (including phenoxy) is 1. The number of rotatable bonds is 7. The van der Waals surface area contributed by atoms with Gasteiger partial charge in [-0.05, 0) is 59.9 Å². The molecule has 36 heavy (non-hydrogen) atoms. The van der Waals surface area contributed by atoms with E-state index in [9.17, 15) is 14.4 Å². The molecule has 0 aliphatic heterocycles. The van der Waals surface area contributed by atoms with Gasteiger partial charge in [0.2, 0.25) is 0 Å². The zero-order chi connectivity index (χ0) is 26.8. The molecule has 0 saturated carbocycles. The largest absolute Gasteiger partial charge is 0.534 e. The first-order valence-electron chi connectivity index (χ1n) is 12.2. The number of hydrogen-bond acceptors (Lipinski definition) is 7. The number of anilines is 2. The molecule has 1 aliphatic rings. The molecule has 2 aromatic carbocycles. The van der Waals surface area contributed by atoms with Crippen molar-refractivity contribution < 1.29 is 24.0 Å². The zero-order valence-electron chi connectivity index (χ0n) is 22.5. The molecule has 0 radical (unpaired) electrons. The Kier molecular flexibility index (Phi) is 7.96. The second kappa shape index (κ2) is 10.6. The topological polar surface area (TPSA) is 79.4 Å². The molecule has 3 rings (SSSR count). The molecular formula is C28H37N3O5. The standard InChI is InChI=1S/C28H37N3O5/c1-9-10-25(33)31(17-32)36-27(34)35-18(2)26-21-13-11-19(29(5)6)15-23(21)28(3,4)24-16-20(30(7)8)12-14-22(24)26/h11-18,26H,9-10H2,1-8H3. The summed E-state index contributed by atoms with van der Waals surface area (Å²) in [5.41, 5.74) is 6.29. The molecule has 0 heterocycles. The lowest BCUT2D eigenvalue weighted by Crippen LogP contribution is -2.37. The molecule has 0 spiro atoms. The number of amides is 2. The SMILES string of the molecule is CCCC(=O)N(C=O)OC(=O)OC(C)C1c2ccc(N(C)C)cc2C(C)(C)c2cc(N(C)C)ccc21. The van der Waals surface area contributed by atoms with Crippen LogP contribution >= 0.6 is 0 Å². The number of imide groups is 1. The predicted octanol–water partition coefficient (Wildman–Crippen LogP) is 4.83. The Morgan fingerprint density at radius 2 is 1.47 bits per heavy atom. The molecule has 1 atom stereocenters. The van der Waals surface area contributed by atoms with Crippen molar-refractivity contribution in [1.82, 2.24) is 5.06 Å². The van der Waals surface area contributed by atoms with Crippen LogP contribution in [0.5, 0.6) is 0 Å². The molecule has 0 N–H and O–H groups in total. The zero-order valence-corrected chi connectivity index (χ0v) is 22.5. The third-order valence-electron chi connectivity index (χ3n) is 6.85. The Balaban J connectivity index is 2.03. The highest BCUT2D eigenvalue weighted by atomic mass is 16.8. The lowest BCUT2D eigenvalue weighted by atomic mass is 9.64. The van der Waals surface area contributed by atoms with E-state index in [1.54, 1.807) is 13.8 Å². The molecule has 1 aliphatic carbocycles. The van der Waals surface area contributed by atoms with Crippen LogP contribution in [-0.2, 0) is 24.6 Å². The Labute approximate surface area is 213 Å². The number of hydroxylamine groups is 2. The number of benzene rings is 2. The number of hydrogen-bond donors (Lipinski definition) is 0. The third-order valence-corrected chi connectivity index (χ3v) is 6.85. The summed E-state index contributed by atoms with van der Waals surface area (Å²) in [5.74, 6) is -0.862. The van der Waals surface area contributed by atoms with E-state index in [0.717, 1.165) is 33.6 Å². The Hall–Kier alpha value is -3.55. The maximum atomic E-state index is 12.6. The van der Waals surface area contributed by atoms with Crippen molar-refractivity contribution in [3.8, 4) is 0 Å². The summed E-state index contributed by atoms with van der Waals surface area (Å²) in [4.78, 5) is 45.0. The van der Waals surface area contributed by atoms with Gasteiger partial charge in [-0.2, -0.15) is 0 Å². The fraction of sp³-hybridized carbons (Fsp3) is 0.464. The highest BCUT2D eigenvalue weighted by Gasteiger charge is 2.41. The average Bonchev–Trinajstić information content (AvgIpc) is 2.82. The lowest BCUT2D eigenvalue weighted by molar-refractivity contribution is -0.177. The summed E-state index contributed by atoms with van der Waals surface area (Å²) in [5, 5.41) is 0.400. The van der Waals surface area contributed by atoms with Crippen LogP contribution in [0.25, 0.3) is 0 Å². The second-order valence-corrected chi connectivity index (χ2v) is 10.2. The number of nitrogens with zero attached hydrogens (tertiary/aromatic N) is 3. The average molecular weight is 496 g/mol.